The molecule has 6 heteroatoms. The first-order valence-corrected chi connectivity index (χ1v) is 8.56. The fourth-order valence-electron chi connectivity index (χ4n) is 2.13. The molecule has 1 aromatic rings. The number of amides is 2. The van der Waals surface area contributed by atoms with Crippen molar-refractivity contribution in [3.63, 3.8) is 0 Å². The number of hydrogen-bond acceptors (Lipinski definition) is 3. The predicted octanol–water partition coefficient (Wildman–Crippen LogP) is 0.745. The number of hydrogen-bond donors (Lipinski definition) is 3. The molecule has 0 saturated heterocycles. The van der Waals surface area contributed by atoms with Gasteiger partial charge in [-0.15, -0.1) is 11.3 Å². The standard InChI is InChI=1S/C16H27N3O2S/c1-6-19(11-15(21)18-16(3,4)5)10-14(20)17-12(2)13-8-7-9-22-13/h7-9,12H,6,10-11H2,1-5H3,(H,17,20)(H,18,21)/p+1/t12-/m1/s1. The van der Waals surface area contributed by atoms with E-state index in [2.05, 4.69) is 10.6 Å². The lowest BCUT2D eigenvalue weighted by Gasteiger charge is -2.23. The van der Waals surface area contributed by atoms with Crippen molar-refractivity contribution in [1.82, 2.24) is 10.6 Å². The van der Waals surface area contributed by atoms with Gasteiger partial charge in [-0.2, -0.15) is 0 Å². The molecule has 0 fully saturated rings. The molecule has 3 N–H and O–H groups in total. The van der Waals surface area contributed by atoms with Gasteiger partial charge in [-0.25, -0.2) is 0 Å². The lowest BCUT2D eigenvalue weighted by Crippen LogP contribution is -3.14. The molecule has 0 saturated carbocycles. The largest absolute Gasteiger partial charge is 0.347 e. The van der Waals surface area contributed by atoms with Gasteiger partial charge in [0.2, 0.25) is 0 Å². The van der Waals surface area contributed by atoms with Crippen LogP contribution in [0.3, 0.4) is 0 Å². The molecule has 1 heterocycles. The summed E-state index contributed by atoms with van der Waals surface area (Å²) in [5.74, 6) is -0.0511. The number of quaternary nitrogens is 1. The Bertz CT molecular complexity index is 480. The molecule has 5 nitrogen and oxygen atoms in total. The topological polar surface area (TPSA) is 62.6 Å². The maximum atomic E-state index is 12.1. The first-order valence-electron chi connectivity index (χ1n) is 7.68. The van der Waals surface area contributed by atoms with Crippen LogP contribution in [0, 0.1) is 0 Å². The summed E-state index contributed by atoms with van der Waals surface area (Å²) in [4.78, 5) is 26.2. The molecule has 0 bridgehead atoms. The molecule has 2 amide bonds. The third kappa shape index (κ3) is 7.04. The minimum Gasteiger partial charge on any atom is -0.347 e. The molecule has 2 atom stereocenters. The van der Waals surface area contributed by atoms with Crippen LogP contribution in [-0.4, -0.2) is 37.0 Å². The van der Waals surface area contributed by atoms with E-state index in [9.17, 15) is 9.59 Å². The van der Waals surface area contributed by atoms with E-state index in [0.29, 0.717) is 13.1 Å². The summed E-state index contributed by atoms with van der Waals surface area (Å²) in [5.41, 5.74) is -0.244. The molecule has 1 aromatic heterocycles. The highest BCUT2D eigenvalue weighted by Crippen LogP contribution is 2.17. The van der Waals surface area contributed by atoms with E-state index in [0.717, 1.165) is 16.3 Å². The highest BCUT2D eigenvalue weighted by molar-refractivity contribution is 7.10. The molecule has 0 aliphatic heterocycles. The Labute approximate surface area is 137 Å². The number of rotatable bonds is 7. The van der Waals surface area contributed by atoms with E-state index in [1.165, 1.54) is 0 Å². The van der Waals surface area contributed by atoms with E-state index >= 15 is 0 Å². The lowest BCUT2D eigenvalue weighted by atomic mass is 10.1. The first kappa shape index (κ1) is 18.6. The van der Waals surface area contributed by atoms with Crippen LogP contribution in [0.1, 0.15) is 45.5 Å². The van der Waals surface area contributed by atoms with E-state index in [4.69, 9.17) is 0 Å². The van der Waals surface area contributed by atoms with Crippen molar-refractivity contribution in [2.45, 2.75) is 46.2 Å². The van der Waals surface area contributed by atoms with Crippen molar-refractivity contribution in [2.75, 3.05) is 19.6 Å². The third-order valence-corrected chi connectivity index (χ3v) is 4.24. The van der Waals surface area contributed by atoms with Crippen LogP contribution in [0.5, 0.6) is 0 Å². The monoisotopic (exact) mass is 326 g/mol. The fraction of sp³-hybridized carbons (Fsp3) is 0.625. The Morgan fingerprint density at radius 2 is 1.91 bits per heavy atom. The zero-order valence-electron chi connectivity index (χ0n) is 14.2. The average Bonchev–Trinajstić information content (AvgIpc) is 2.89. The second kappa shape index (κ2) is 8.29. The molecular formula is C16H28N3O2S+. The van der Waals surface area contributed by atoms with Crippen LogP contribution in [0.4, 0.5) is 0 Å². The molecule has 1 rings (SSSR count). The SMILES string of the molecule is CC[NH+](CC(=O)N[C@H](C)c1cccs1)CC(=O)NC(C)(C)C. The summed E-state index contributed by atoms with van der Waals surface area (Å²) < 4.78 is 0. The molecule has 1 unspecified atom stereocenters. The van der Waals surface area contributed by atoms with E-state index in [-0.39, 0.29) is 23.4 Å². The number of likely N-dealkylation sites (N-methyl/N-ethyl adjacent to an activating group) is 1. The van der Waals surface area contributed by atoms with E-state index in [1.807, 2.05) is 52.1 Å². The maximum Gasteiger partial charge on any atom is 0.275 e. The maximum absolute atomic E-state index is 12.1. The van der Waals surface area contributed by atoms with Gasteiger partial charge in [0.05, 0.1) is 12.6 Å². The predicted molar refractivity (Wildman–Crippen MR) is 90.0 cm³/mol. The molecule has 22 heavy (non-hydrogen) atoms. The summed E-state index contributed by atoms with van der Waals surface area (Å²) >= 11 is 1.63. The van der Waals surface area contributed by atoms with Gasteiger partial charge in [0, 0.05) is 10.4 Å². The van der Waals surface area contributed by atoms with Crippen LogP contribution in [0.2, 0.25) is 0 Å². The third-order valence-electron chi connectivity index (χ3n) is 3.18. The Hall–Kier alpha value is -1.40. The highest BCUT2D eigenvalue weighted by Gasteiger charge is 2.21. The summed E-state index contributed by atoms with van der Waals surface area (Å²) in [6.45, 7) is 11.2. The van der Waals surface area contributed by atoms with E-state index < -0.39 is 0 Å². The molecule has 0 aliphatic rings. The van der Waals surface area contributed by atoms with Gasteiger partial charge < -0.3 is 15.5 Å². The zero-order valence-corrected chi connectivity index (χ0v) is 15.0. The first-order chi connectivity index (χ1) is 10.2. The Morgan fingerprint density at radius 1 is 1.27 bits per heavy atom. The molecule has 124 valence electrons. The van der Waals surface area contributed by atoms with Crippen LogP contribution < -0.4 is 15.5 Å². The number of thiophene rings is 1. The quantitative estimate of drug-likeness (QED) is 0.692. The van der Waals surface area contributed by atoms with Crippen LogP contribution >= 0.6 is 11.3 Å². The van der Waals surface area contributed by atoms with Gasteiger partial charge in [-0.05, 0) is 46.1 Å². The van der Waals surface area contributed by atoms with Crippen molar-refractivity contribution in [3.8, 4) is 0 Å². The van der Waals surface area contributed by atoms with Gasteiger partial charge in [-0.1, -0.05) is 6.07 Å². The number of nitrogens with one attached hydrogen (secondary N) is 3. The summed E-state index contributed by atoms with van der Waals surface area (Å²) in [6.07, 6.45) is 0. The Morgan fingerprint density at radius 3 is 2.41 bits per heavy atom. The lowest BCUT2D eigenvalue weighted by molar-refractivity contribution is -0.881. The highest BCUT2D eigenvalue weighted by atomic mass is 32.1. The van der Waals surface area contributed by atoms with Crippen LogP contribution in [0.15, 0.2) is 17.5 Å². The van der Waals surface area contributed by atoms with Gasteiger partial charge in [-0.3, -0.25) is 9.59 Å². The van der Waals surface area contributed by atoms with Crippen molar-refractivity contribution in [1.29, 1.82) is 0 Å². The van der Waals surface area contributed by atoms with Gasteiger partial charge >= 0.3 is 0 Å². The van der Waals surface area contributed by atoms with Crippen LogP contribution in [-0.2, 0) is 9.59 Å². The molecule has 0 radical (unpaired) electrons. The molecule has 0 aromatic carbocycles. The van der Waals surface area contributed by atoms with Crippen molar-refractivity contribution < 1.29 is 14.5 Å². The van der Waals surface area contributed by atoms with Crippen molar-refractivity contribution in [2.24, 2.45) is 0 Å². The molecular weight excluding hydrogens is 298 g/mol. The average molecular weight is 326 g/mol. The van der Waals surface area contributed by atoms with Gasteiger partial charge in [0.25, 0.3) is 11.8 Å². The number of carbonyl (C=O) groups is 2. The molecule has 0 aliphatic carbocycles. The fourth-order valence-corrected chi connectivity index (χ4v) is 2.86. The summed E-state index contributed by atoms with van der Waals surface area (Å²) in [7, 11) is 0. The Kier molecular flexibility index (Phi) is 7.03. The second-order valence-electron chi connectivity index (χ2n) is 6.56. The molecule has 0 spiro atoms. The van der Waals surface area contributed by atoms with Crippen molar-refractivity contribution in [3.05, 3.63) is 22.4 Å². The van der Waals surface area contributed by atoms with E-state index in [1.54, 1.807) is 11.3 Å². The number of carbonyl (C=O) groups excluding carboxylic acids is 2. The summed E-state index contributed by atoms with van der Waals surface area (Å²) in [5, 5.41) is 7.92. The summed E-state index contributed by atoms with van der Waals surface area (Å²) in [6, 6.07) is 3.99. The smallest absolute Gasteiger partial charge is 0.275 e. The van der Waals surface area contributed by atoms with Gasteiger partial charge in [0.1, 0.15) is 0 Å². The van der Waals surface area contributed by atoms with Crippen LogP contribution in [0.25, 0.3) is 0 Å². The normalized spacial score (nSPS) is 14.2. The Balaban J connectivity index is 2.44. The minimum absolute atomic E-state index is 0.00834. The van der Waals surface area contributed by atoms with Gasteiger partial charge in [0.15, 0.2) is 13.1 Å². The zero-order chi connectivity index (χ0) is 16.8. The second-order valence-corrected chi connectivity index (χ2v) is 7.54. The minimum atomic E-state index is -0.244. The van der Waals surface area contributed by atoms with Crippen molar-refractivity contribution >= 4 is 23.2 Å².